The van der Waals surface area contributed by atoms with Gasteiger partial charge in [-0.3, -0.25) is 0 Å². The molecule has 6 nitrogen and oxygen atoms in total. The molecule has 1 aromatic heterocycles. The lowest BCUT2D eigenvalue weighted by molar-refractivity contribution is 0.292. The van der Waals surface area contributed by atoms with E-state index in [4.69, 9.17) is 21.1 Å². The molecule has 1 aliphatic heterocycles. The highest BCUT2D eigenvalue weighted by molar-refractivity contribution is 7.89. The largest absolute Gasteiger partial charge is 0.492 e. The molecule has 0 fully saturated rings. The molecule has 9 heteroatoms. The van der Waals surface area contributed by atoms with Gasteiger partial charge in [0, 0.05) is 24.8 Å². The molecule has 2 heterocycles. The van der Waals surface area contributed by atoms with E-state index < -0.39 is 15.8 Å². The van der Waals surface area contributed by atoms with E-state index in [1.54, 1.807) is 0 Å². The van der Waals surface area contributed by atoms with Gasteiger partial charge in [-0.15, -0.1) is 0 Å². The monoisotopic (exact) mass is 372 g/mol. The zero-order valence-electron chi connectivity index (χ0n) is 12.7. The van der Waals surface area contributed by atoms with Crippen LogP contribution in [0.25, 0.3) is 0 Å². The van der Waals surface area contributed by atoms with Crippen molar-refractivity contribution >= 4 is 21.6 Å². The van der Waals surface area contributed by atoms with E-state index in [1.807, 2.05) is 0 Å². The predicted octanol–water partition coefficient (Wildman–Crippen LogP) is 2.47. The zero-order valence-corrected chi connectivity index (χ0v) is 14.3. The Labute approximate surface area is 143 Å². The van der Waals surface area contributed by atoms with Crippen LogP contribution < -0.4 is 9.47 Å². The lowest BCUT2D eigenvalue weighted by atomic mass is 10.2. The van der Waals surface area contributed by atoms with Crippen molar-refractivity contribution in [2.24, 2.45) is 0 Å². The predicted molar refractivity (Wildman–Crippen MR) is 85.3 cm³/mol. The van der Waals surface area contributed by atoms with E-state index in [2.05, 4.69) is 4.98 Å². The average Bonchev–Trinajstić information content (AvgIpc) is 2.77. The first-order valence-corrected chi connectivity index (χ1v) is 8.84. The number of rotatable bonds is 3. The van der Waals surface area contributed by atoms with Crippen LogP contribution in [0.5, 0.6) is 11.6 Å². The van der Waals surface area contributed by atoms with Gasteiger partial charge in [-0.25, -0.2) is 17.8 Å². The van der Waals surface area contributed by atoms with Crippen LogP contribution in [0.3, 0.4) is 0 Å². The molecule has 3 rings (SSSR count). The van der Waals surface area contributed by atoms with Gasteiger partial charge in [0.1, 0.15) is 23.1 Å². The number of hydrogen-bond acceptors (Lipinski definition) is 5. The molecule has 1 aromatic carbocycles. The minimum atomic E-state index is -3.95. The molecule has 0 atom stereocenters. The quantitative estimate of drug-likeness (QED) is 0.827. The number of sulfonamides is 1. The maximum atomic E-state index is 13.5. The molecule has 0 bridgehead atoms. The highest BCUT2D eigenvalue weighted by atomic mass is 35.5. The van der Waals surface area contributed by atoms with E-state index in [0.717, 1.165) is 0 Å². The highest BCUT2D eigenvalue weighted by Gasteiger charge is 2.31. The Bertz CT molecular complexity index is 876. The van der Waals surface area contributed by atoms with E-state index in [9.17, 15) is 12.8 Å². The van der Waals surface area contributed by atoms with E-state index in [0.29, 0.717) is 11.3 Å². The number of nitrogens with zero attached hydrogens (tertiary/aromatic N) is 2. The van der Waals surface area contributed by atoms with E-state index in [1.165, 1.54) is 41.9 Å². The summed E-state index contributed by atoms with van der Waals surface area (Å²) in [5.41, 5.74) is 0.449. The third kappa shape index (κ3) is 3.17. The second kappa shape index (κ2) is 6.54. The van der Waals surface area contributed by atoms with Crippen molar-refractivity contribution in [3.05, 3.63) is 46.9 Å². The van der Waals surface area contributed by atoms with Crippen molar-refractivity contribution in [2.45, 2.75) is 11.4 Å². The number of fused-ring (bicyclic) bond motifs is 1. The van der Waals surface area contributed by atoms with Gasteiger partial charge in [0.25, 0.3) is 0 Å². The molecule has 0 saturated heterocycles. The van der Waals surface area contributed by atoms with Crippen LogP contribution in [-0.2, 0) is 16.6 Å². The second-order valence-corrected chi connectivity index (χ2v) is 7.44. The van der Waals surface area contributed by atoms with Gasteiger partial charge < -0.3 is 9.47 Å². The Morgan fingerprint density at radius 1 is 1.38 bits per heavy atom. The normalized spacial score (nSPS) is 15.3. The van der Waals surface area contributed by atoms with Gasteiger partial charge in [-0.05, 0) is 24.3 Å². The van der Waals surface area contributed by atoms with E-state index in [-0.39, 0.29) is 35.5 Å². The maximum Gasteiger partial charge on any atom is 0.248 e. The van der Waals surface area contributed by atoms with Gasteiger partial charge in [0.2, 0.25) is 15.9 Å². The fourth-order valence-corrected chi connectivity index (χ4v) is 4.19. The van der Waals surface area contributed by atoms with Crippen LogP contribution in [0.2, 0.25) is 5.02 Å². The fourth-order valence-electron chi connectivity index (χ4n) is 2.43. The number of methoxy groups -OCH3 is 1. The summed E-state index contributed by atoms with van der Waals surface area (Å²) in [6, 6.07) is 5.30. The SMILES string of the molecule is COc1ncc(Cl)cc1S(=O)(=O)N1CCOc2ccc(F)cc2C1. The second-order valence-electron chi connectivity index (χ2n) is 5.10. The Morgan fingerprint density at radius 2 is 2.17 bits per heavy atom. The van der Waals surface area contributed by atoms with Gasteiger partial charge in [-0.2, -0.15) is 4.31 Å². The first-order chi connectivity index (χ1) is 11.4. The molecule has 0 spiro atoms. The topological polar surface area (TPSA) is 68.7 Å². The minimum absolute atomic E-state index is 0.0227. The summed E-state index contributed by atoms with van der Waals surface area (Å²) < 4.78 is 51.1. The van der Waals surface area contributed by atoms with Gasteiger partial charge in [-0.1, -0.05) is 11.6 Å². The molecule has 0 unspecified atom stereocenters. The van der Waals surface area contributed by atoms with Crippen LogP contribution >= 0.6 is 11.6 Å². The Hall–Kier alpha value is -1.90. The summed E-state index contributed by atoms with van der Waals surface area (Å²) in [6.07, 6.45) is 1.30. The highest BCUT2D eigenvalue weighted by Crippen LogP contribution is 2.31. The fraction of sp³-hybridized carbons (Fsp3) is 0.267. The third-order valence-electron chi connectivity index (χ3n) is 3.56. The number of benzene rings is 1. The van der Waals surface area contributed by atoms with E-state index >= 15 is 0 Å². The van der Waals surface area contributed by atoms with Crippen molar-refractivity contribution < 1.29 is 22.3 Å². The molecular weight excluding hydrogens is 359 g/mol. The maximum absolute atomic E-state index is 13.5. The molecule has 0 N–H and O–H groups in total. The van der Waals surface area contributed by atoms with Gasteiger partial charge >= 0.3 is 0 Å². The average molecular weight is 373 g/mol. The van der Waals surface area contributed by atoms with Gasteiger partial charge in [0.05, 0.1) is 12.1 Å². The molecule has 128 valence electrons. The molecule has 0 saturated carbocycles. The number of halogens is 2. The number of hydrogen-bond donors (Lipinski definition) is 0. The van der Waals surface area contributed by atoms with Crippen molar-refractivity contribution in [1.29, 1.82) is 0 Å². The molecular formula is C15H14ClFN2O4S. The molecule has 24 heavy (non-hydrogen) atoms. The Balaban J connectivity index is 2.03. The summed E-state index contributed by atoms with van der Waals surface area (Å²) in [5.74, 6) is -0.0482. The van der Waals surface area contributed by atoms with Crippen LogP contribution in [0.1, 0.15) is 5.56 Å². The summed E-state index contributed by atoms with van der Waals surface area (Å²) >= 11 is 5.88. The smallest absolute Gasteiger partial charge is 0.248 e. The number of ether oxygens (including phenoxy) is 2. The molecule has 0 radical (unpaired) electrons. The lowest BCUT2D eigenvalue weighted by Crippen LogP contribution is -2.33. The third-order valence-corrected chi connectivity index (χ3v) is 5.61. The van der Waals surface area contributed by atoms with Crippen LogP contribution in [0, 0.1) is 5.82 Å². The molecule has 1 aliphatic rings. The summed E-state index contributed by atoms with van der Waals surface area (Å²) in [7, 11) is -2.62. The van der Waals surface area contributed by atoms with Crippen LogP contribution in [0.15, 0.2) is 35.4 Å². The van der Waals surface area contributed by atoms with Crippen LogP contribution in [0.4, 0.5) is 4.39 Å². The molecule has 0 amide bonds. The standard InChI is InChI=1S/C15H14ClFN2O4S/c1-22-15-14(7-11(16)8-18-15)24(20,21)19-4-5-23-13-3-2-12(17)6-10(13)9-19/h2-3,6-8H,4-5,9H2,1H3. The number of aromatic nitrogens is 1. The van der Waals surface area contributed by atoms with Crippen molar-refractivity contribution in [1.82, 2.24) is 9.29 Å². The summed E-state index contributed by atoms with van der Waals surface area (Å²) in [4.78, 5) is 3.75. The number of pyridine rings is 1. The van der Waals surface area contributed by atoms with Crippen LogP contribution in [-0.4, -0.2) is 38.0 Å². The van der Waals surface area contributed by atoms with Crippen molar-refractivity contribution in [3.63, 3.8) is 0 Å². The van der Waals surface area contributed by atoms with Crippen molar-refractivity contribution in [3.8, 4) is 11.6 Å². The minimum Gasteiger partial charge on any atom is -0.492 e. The molecule has 0 aliphatic carbocycles. The molecule has 2 aromatic rings. The lowest BCUT2D eigenvalue weighted by Gasteiger charge is -2.20. The van der Waals surface area contributed by atoms with Crippen molar-refractivity contribution in [2.75, 3.05) is 20.3 Å². The summed E-state index contributed by atoms with van der Waals surface area (Å²) in [5, 5.41) is 0.173. The van der Waals surface area contributed by atoms with Gasteiger partial charge in [0.15, 0.2) is 0 Å². The first kappa shape index (κ1) is 16.9. The first-order valence-electron chi connectivity index (χ1n) is 7.03. The Kier molecular flexibility index (Phi) is 4.62. The Morgan fingerprint density at radius 3 is 2.92 bits per heavy atom. The summed E-state index contributed by atoms with van der Waals surface area (Å²) in [6.45, 7) is 0.230. The zero-order chi connectivity index (χ0) is 17.3.